The summed E-state index contributed by atoms with van der Waals surface area (Å²) in [6.45, 7) is 7.00. The van der Waals surface area contributed by atoms with Gasteiger partial charge in [0, 0.05) is 0 Å². The molecule has 1 radical (unpaired) electrons. The summed E-state index contributed by atoms with van der Waals surface area (Å²) in [6.07, 6.45) is 10.0. The van der Waals surface area contributed by atoms with Gasteiger partial charge in [0.1, 0.15) is 6.79 Å². The zero-order chi connectivity index (χ0) is 7.54. The molecule has 0 heterocycles. The third kappa shape index (κ3) is 15.6. The Kier molecular flexibility index (Phi) is 38.2. The van der Waals surface area contributed by atoms with E-state index in [1.54, 1.807) is 6.92 Å². The van der Waals surface area contributed by atoms with E-state index in [9.17, 15) is 0 Å². The third-order valence-electron chi connectivity index (χ3n) is 0.586. The fraction of sp³-hybridized carbons (Fsp3) is 0.250. The van der Waals surface area contributed by atoms with Gasteiger partial charge in [0.2, 0.25) is 0 Å². The molecule has 0 N–H and O–H groups in total. The molecule has 0 spiro atoms. The van der Waals surface area contributed by atoms with E-state index >= 15 is 0 Å². The minimum atomic E-state index is 0. The largest absolute Gasteiger partial charge is 2.00 e. The maximum atomic E-state index is 8.00. The van der Waals surface area contributed by atoms with Crippen molar-refractivity contribution in [1.29, 1.82) is 0 Å². The molecule has 0 bridgehead atoms. The van der Waals surface area contributed by atoms with Crippen LogP contribution in [-0.2, 0) is 21.6 Å². The molecule has 1 aliphatic rings. The summed E-state index contributed by atoms with van der Waals surface area (Å²) in [6, 6.07) is 0. The molecule has 0 aromatic heterocycles. The first-order chi connectivity index (χ1) is 4.50. The van der Waals surface area contributed by atoms with Gasteiger partial charge in [-0.2, -0.15) is 13.0 Å². The second-order valence-corrected chi connectivity index (χ2v) is 1.00. The number of carbonyl (C=O) groups excluding carboxylic acids is 1. The number of rotatable bonds is 0. The smallest absolute Gasteiger partial charge is 0.346 e. The van der Waals surface area contributed by atoms with Crippen LogP contribution < -0.4 is 0 Å². The number of hydrogen-bond donors (Lipinski definition) is 0. The Morgan fingerprint density at radius 1 is 1.50 bits per heavy atom. The number of carbonyl (C=O) groups is 1. The second-order valence-electron chi connectivity index (χ2n) is 1.00. The first-order valence-electron chi connectivity index (χ1n) is 2.71. The van der Waals surface area contributed by atoms with Gasteiger partial charge in [-0.05, 0) is 0 Å². The van der Waals surface area contributed by atoms with Gasteiger partial charge in [-0.1, -0.05) is 0 Å². The van der Waals surface area contributed by atoms with E-state index < -0.39 is 0 Å². The summed E-state index contributed by atoms with van der Waals surface area (Å²) in [5.41, 5.74) is 0. The van der Waals surface area contributed by atoms with Crippen molar-refractivity contribution in [3.8, 4) is 0 Å². The number of hydrogen-bond acceptors (Lipinski definition) is 1. The first-order valence-corrected chi connectivity index (χ1v) is 2.71. The van der Waals surface area contributed by atoms with Crippen LogP contribution in [0.15, 0.2) is 18.2 Å². The average Bonchev–Trinajstić information content (AvgIpc) is 2.51. The molecule has 0 unspecified atom stereocenters. The van der Waals surface area contributed by atoms with Gasteiger partial charge in [-0.25, -0.2) is 12.2 Å². The summed E-state index contributed by atoms with van der Waals surface area (Å²) < 4.78 is 0. The van der Waals surface area contributed by atoms with E-state index in [1.165, 1.54) is 0 Å². The maximum absolute atomic E-state index is 8.00. The van der Waals surface area contributed by atoms with Crippen molar-refractivity contribution < 1.29 is 21.6 Å². The normalized spacial score (nSPS) is 9.80. The van der Waals surface area contributed by atoms with Gasteiger partial charge in [-0.3, -0.25) is 6.08 Å². The predicted molar refractivity (Wildman–Crippen MR) is 39.7 cm³/mol. The van der Waals surface area contributed by atoms with E-state index in [2.05, 4.69) is 19.1 Å². The first kappa shape index (κ1) is 16.3. The van der Waals surface area contributed by atoms with E-state index in [0.717, 1.165) is 6.42 Å². The Morgan fingerprint density at radius 3 is 2.10 bits per heavy atom. The summed E-state index contributed by atoms with van der Waals surface area (Å²) in [5, 5.41) is 0. The molecule has 0 amide bonds. The predicted octanol–water partition coefficient (Wildman–Crippen LogP) is 1.96. The molecule has 0 atom stereocenters. The van der Waals surface area contributed by atoms with Crippen LogP contribution in [-0.4, -0.2) is 6.79 Å². The van der Waals surface area contributed by atoms with Crippen molar-refractivity contribution in [1.82, 2.24) is 0 Å². The summed E-state index contributed by atoms with van der Waals surface area (Å²) in [5.74, 6) is 0. The zero-order valence-electron chi connectivity index (χ0n) is 6.09. The Bertz CT molecular complexity index is 77.3. The molecule has 0 aliphatic heterocycles. The van der Waals surface area contributed by atoms with Crippen LogP contribution in [0.25, 0.3) is 0 Å². The topological polar surface area (TPSA) is 17.1 Å². The maximum Gasteiger partial charge on any atom is 2.00 e. The van der Waals surface area contributed by atoms with Gasteiger partial charge >= 0.3 is 16.8 Å². The third-order valence-corrected chi connectivity index (χ3v) is 0.586. The molecule has 0 aromatic carbocycles. The van der Waals surface area contributed by atoms with Gasteiger partial charge in [0.05, 0.1) is 0 Å². The molecule has 10 heavy (non-hydrogen) atoms. The van der Waals surface area contributed by atoms with Gasteiger partial charge in [0.25, 0.3) is 0 Å². The van der Waals surface area contributed by atoms with Crippen LogP contribution in [0.2, 0.25) is 0 Å². The van der Waals surface area contributed by atoms with Crippen LogP contribution in [0.4, 0.5) is 0 Å². The summed E-state index contributed by atoms with van der Waals surface area (Å²) >= 11 is 0. The molecule has 59 valence electrons. The molecule has 1 nitrogen and oxygen atoms in total. The van der Waals surface area contributed by atoms with Crippen molar-refractivity contribution in [2.45, 2.75) is 13.3 Å². The van der Waals surface area contributed by atoms with Crippen LogP contribution >= 0.6 is 0 Å². The molecule has 0 saturated carbocycles. The van der Waals surface area contributed by atoms with Crippen molar-refractivity contribution >= 4 is 6.79 Å². The Hall–Kier alpha value is -0.344. The molecule has 1 aliphatic carbocycles. The molecule has 0 aromatic rings. The molecule has 0 fully saturated rings. The van der Waals surface area contributed by atoms with Crippen molar-refractivity contribution in [3.63, 3.8) is 0 Å². The Balaban J connectivity index is -0.0000000875. The SMILES string of the molecule is C=O.[C-]1=CC=CC1.[CH2-]C.[Co+2]. The van der Waals surface area contributed by atoms with Crippen LogP contribution in [0.1, 0.15) is 13.3 Å². The minimum Gasteiger partial charge on any atom is -0.346 e. The van der Waals surface area contributed by atoms with E-state index in [0.29, 0.717) is 0 Å². The van der Waals surface area contributed by atoms with Gasteiger partial charge in [0.15, 0.2) is 0 Å². The Labute approximate surface area is 73.4 Å². The zero-order valence-corrected chi connectivity index (χ0v) is 7.14. The average molecular weight is 183 g/mol. The standard InChI is InChI=1S/C5H5.C2H5.CH2O.Co/c1-2-4-5-3-1;2*1-2;/h1-3H,4H2;1H2,2H3;1H2;/q2*-1;;+2. The van der Waals surface area contributed by atoms with Gasteiger partial charge in [-0.15, -0.1) is 6.42 Å². The molecular weight excluding hydrogens is 171 g/mol. The Morgan fingerprint density at radius 2 is 2.00 bits per heavy atom. The fourth-order valence-corrected chi connectivity index (χ4v) is 0.340. The molecule has 2 heteroatoms. The van der Waals surface area contributed by atoms with E-state index in [-0.39, 0.29) is 16.8 Å². The van der Waals surface area contributed by atoms with Gasteiger partial charge < -0.3 is 11.7 Å². The summed E-state index contributed by atoms with van der Waals surface area (Å²) in [4.78, 5) is 8.00. The van der Waals surface area contributed by atoms with Crippen molar-refractivity contribution in [2.75, 3.05) is 0 Å². The van der Waals surface area contributed by atoms with Crippen LogP contribution in [0.5, 0.6) is 0 Å². The van der Waals surface area contributed by atoms with Crippen LogP contribution in [0.3, 0.4) is 0 Å². The monoisotopic (exact) mass is 183 g/mol. The number of allylic oxidation sites excluding steroid dienone is 4. The molecular formula is C8H12CoO. The minimum absolute atomic E-state index is 0. The van der Waals surface area contributed by atoms with E-state index in [1.807, 2.05) is 18.9 Å². The molecule has 1 rings (SSSR count). The fourth-order valence-electron chi connectivity index (χ4n) is 0.340. The van der Waals surface area contributed by atoms with Crippen LogP contribution in [0, 0.1) is 13.0 Å². The second kappa shape index (κ2) is 23.4. The quantitative estimate of drug-likeness (QED) is 0.524. The molecule has 0 saturated heterocycles. The van der Waals surface area contributed by atoms with Crippen molar-refractivity contribution in [2.24, 2.45) is 0 Å². The summed E-state index contributed by atoms with van der Waals surface area (Å²) in [7, 11) is 0. The van der Waals surface area contributed by atoms with Crippen molar-refractivity contribution in [3.05, 3.63) is 31.2 Å². The van der Waals surface area contributed by atoms with E-state index in [4.69, 9.17) is 4.79 Å².